The first kappa shape index (κ1) is 27.9. The minimum atomic E-state index is -5.23. The summed E-state index contributed by atoms with van der Waals surface area (Å²) in [6, 6.07) is 18.7. The highest BCUT2D eigenvalue weighted by molar-refractivity contribution is 8.18. The smallest absolute Gasteiger partial charge is 0.419 e. The van der Waals surface area contributed by atoms with Gasteiger partial charge in [-0.05, 0) is 71.9 Å². The van der Waals surface area contributed by atoms with Gasteiger partial charge in [-0.3, -0.25) is 14.6 Å². The van der Waals surface area contributed by atoms with E-state index in [2.05, 4.69) is 25.3 Å². The van der Waals surface area contributed by atoms with Crippen molar-refractivity contribution in [2.45, 2.75) is 6.18 Å². The van der Waals surface area contributed by atoms with E-state index in [1.54, 1.807) is 12.3 Å². The Balaban J connectivity index is 1.34. The number of aliphatic imine (C=N–C) groups is 1. The molecule has 1 aliphatic heterocycles. The Morgan fingerprint density at radius 2 is 1.85 bits per heavy atom. The van der Waals surface area contributed by atoms with Gasteiger partial charge in [0.25, 0.3) is 11.8 Å². The average molecular weight is 597 g/mol. The number of halogens is 4. The number of carbonyl (C=O) groups is 3. The number of nitrogens with one attached hydrogen (secondary N) is 2. The molecule has 0 bridgehead atoms. The van der Waals surface area contributed by atoms with Crippen LogP contribution in [0.25, 0.3) is 17.0 Å². The van der Waals surface area contributed by atoms with Crippen LogP contribution in [0, 0.1) is 0 Å². The van der Waals surface area contributed by atoms with E-state index in [9.17, 15) is 27.6 Å². The van der Waals surface area contributed by atoms with Crippen molar-refractivity contribution in [3.63, 3.8) is 0 Å². The van der Waals surface area contributed by atoms with Crippen molar-refractivity contribution in [1.82, 2.24) is 10.3 Å². The lowest BCUT2D eigenvalue weighted by Crippen LogP contribution is -2.28. The summed E-state index contributed by atoms with van der Waals surface area (Å²) >= 11 is 7.38. The summed E-state index contributed by atoms with van der Waals surface area (Å²) in [5.41, 5.74) is 1.74. The van der Waals surface area contributed by atoms with Crippen LogP contribution in [0.15, 0.2) is 88.9 Å². The molecule has 1 saturated heterocycles. The Labute approximate surface area is 239 Å². The molecule has 0 unspecified atom stereocenters. The lowest BCUT2D eigenvalue weighted by Gasteiger charge is -2.12. The summed E-state index contributed by atoms with van der Waals surface area (Å²) in [7, 11) is 0. The molecular formula is C28H16ClF3N4O4S. The number of alkyl halides is 3. The van der Waals surface area contributed by atoms with E-state index >= 15 is 0 Å². The highest BCUT2D eigenvalue weighted by Gasteiger charge is 2.41. The number of fused-ring (bicyclic) bond motifs is 1. The standard InChI is InChI=1S/C28H16ClF3N4O4S/c29-19-9-8-17(34-24(37)18-5-1-2-6-22(18)40-26(39)28(30,31)32)14-21(19)35-27-36-25(38)23(41-27)13-15-7-10-20-16(12-15)4-3-11-33-20/h1-14H,(H,34,37)(H,35,36,38)/b23-13-. The summed E-state index contributed by atoms with van der Waals surface area (Å²) in [5.74, 6) is -4.21. The van der Waals surface area contributed by atoms with E-state index in [1.165, 1.54) is 36.4 Å². The van der Waals surface area contributed by atoms with Crippen molar-refractivity contribution in [1.29, 1.82) is 0 Å². The fraction of sp³-hybridized carbons (Fsp3) is 0.0357. The molecule has 0 atom stereocenters. The second-order valence-corrected chi connectivity index (χ2v) is 9.88. The summed E-state index contributed by atoms with van der Waals surface area (Å²) < 4.78 is 42.3. The number of amidine groups is 1. The van der Waals surface area contributed by atoms with Gasteiger partial charge < -0.3 is 15.4 Å². The van der Waals surface area contributed by atoms with E-state index in [4.69, 9.17) is 11.6 Å². The van der Waals surface area contributed by atoms with Gasteiger partial charge in [-0.2, -0.15) is 13.2 Å². The number of amides is 2. The number of aromatic nitrogens is 1. The zero-order valence-electron chi connectivity index (χ0n) is 20.5. The number of thioether (sulfide) groups is 1. The SMILES string of the molecule is O=C1NC(=Nc2cc(NC(=O)c3ccccc3OC(=O)C(F)(F)F)ccc2Cl)S/C1=C\c1ccc2ncccc2c1. The lowest BCUT2D eigenvalue weighted by molar-refractivity contribution is -0.189. The van der Waals surface area contributed by atoms with Gasteiger partial charge in [0.2, 0.25) is 0 Å². The molecular weight excluding hydrogens is 581 g/mol. The minimum Gasteiger partial charge on any atom is -0.419 e. The molecule has 2 amide bonds. The number of para-hydroxylation sites is 1. The van der Waals surface area contributed by atoms with Crippen LogP contribution in [0.3, 0.4) is 0 Å². The number of nitrogens with zero attached hydrogens (tertiary/aromatic N) is 2. The summed E-state index contributed by atoms with van der Waals surface area (Å²) in [6.07, 6.45) is -1.82. The molecule has 1 aliphatic rings. The van der Waals surface area contributed by atoms with E-state index in [0.717, 1.165) is 34.3 Å². The maximum Gasteiger partial charge on any atom is 0.491 e. The molecule has 5 rings (SSSR count). The van der Waals surface area contributed by atoms with Gasteiger partial charge in [-0.25, -0.2) is 9.79 Å². The Kier molecular flexibility index (Phi) is 7.77. The third-order valence-corrected chi connectivity index (χ3v) is 6.80. The van der Waals surface area contributed by atoms with Crippen LogP contribution in [0.2, 0.25) is 5.02 Å². The molecule has 1 fully saturated rings. The number of pyridine rings is 1. The van der Waals surface area contributed by atoms with Crippen LogP contribution in [-0.4, -0.2) is 34.1 Å². The normalized spacial score (nSPS) is 15.3. The Bertz CT molecular complexity index is 1780. The van der Waals surface area contributed by atoms with E-state index in [0.29, 0.717) is 4.91 Å². The highest BCUT2D eigenvalue weighted by Crippen LogP contribution is 2.33. The summed E-state index contributed by atoms with van der Waals surface area (Å²) in [5, 5.41) is 6.57. The number of hydrogen-bond acceptors (Lipinski definition) is 7. The zero-order valence-corrected chi connectivity index (χ0v) is 22.1. The van der Waals surface area contributed by atoms with Crippen molar-refractivity contribution in [3.05, 3.63) is 100 Å². The van der Waals surface area contributed by atoms with E-state index < -0.39 is 23.8 Å². The highest BCUT2D eigenvalue weighted by atomic mass is 35.5. The molecule has 4 aromatic rings. The zero-order chi connectivity index (χ0) is 29.1. The number of benzene rings is 3. The molecule has 3 aromatic carbocycles. The Morgan fingerprint density at radius 1 is 1.05 bits per heavy atom. The van der Waals surface area contributed by atoms with Gasteiger partial charge in [0.1, 0.15) is 5.75 Å². The van der Waals surface area contributed by atoms with E-state index in [1.807, 2.05) is 30.3 Å². The van der Waals surface area contributed by atoms with Crippen LogP contribution in [0.1, 0.15) is 15.9 Å². The molecule has 2 N–H and O–H groups in total. The number of rotatable bonds is 5. The number of hydrogen-bond donors (Lipinski definition) is 2. The van der Waals surface area contributed by atoms with Crippen LogP contribution in [0.5, 0.6) is 5.75 Å². The number of anilines is 1. The number of ether oxygens (including phenoxy) is 1. The first-order valence-corrected chi connectivity index (χ1v) is 12.9. The van der Waals surface area contributed by atoms with Crippen molar-refractivity contribution < 1.29 is 32.3 Å². The van der Waals surface area contributed by atoms with Crippen LogP contribution >= 0.6 is 23.4 Å². The first-order valence-electron chi connectivity index (χ1n) is 11.7. The van der Waals surface area contributed by atoms with Gasteiger partial charge in [0.15, 0.2) is 5.17 Å². The fourth-order valence-corrected chi connectivity index (χ4v) is 4.70. The monoisotopic (exact) mass is 596 g/mol. The number of carbonyl (C=O) groups excluding carboxylic acids is 3. The topological polar surface area (TPSA) is 110 Å². The largest absolute Gasteiger partial charge is 0.491 e. The van der Waals surface area contributed by atoms with Crippen LogP contribution < -0.4 is 15.4 Å². The molecule has 0 radical (unpaired) electrons. The second-order valence-electron chi connectivity index (χ2n) is 8.44. The Hall–Kier alpha value is -4.68. The fourth-order valence-electron chi connectivity index (χ4n) is 3.70. The molecule has 1 aromatic heterocycles. The van der Waals surface area contributed by atoms with Crippen LogP contribution in [0.4, 0.5) is 24.5 Å². The van der Waals surface area contributed by atoms with E-state index in [-0.39, 0.29) is 33.0 Å². The van der Waals surface area contributed by atoms with Crippen molar-refractivity contribution in [3.8, 4) is 5.75 Å². The summed E-state index contributed by atoms with van der Waals surface area (Å²) in [4.78, 5) is 45.7. The first-order chi connectivity index (χ1) is 19.6. The molecule has 0 saturated carbocycles. The van der Waals surface area contributed by atoms with Gasteiger partial charge in [-0.1, -0.05) is 35.9 Å². The molecule has 0 aliphatic carbocycles. The van der Waals surface area contributed by atoms with Crippen molar-refractivity contribution in [2.24, 2.45) is 4.99 Å². The van der Waals surface area contributed by atoms with Gasteiger partial charge in [0, 0.05) is 17.3 Å². The van der Waals surface area contributed by atoms with Crippen molar-refractivity contribution >= 4 is 74.7 Å². The predicted molar refractivity (Wildman–Crippen MR) is 150 cm³/mol. The third kappa shape index (κ3) is 6.56. The molecule has 8 nitrogen and oxygen atoms in total. The van der Waals surface area contributed by atoms with Crippen molar-refractivity contribution in [2.75, 3.05) is 5.32 Å². The third-order valence-electron chi connectivity index (χ3n) is 5.57. The predicted octanol–water partition coefficient (Wildman–Crippen LogP) is 6.50. The maximum absolute atomic E-state index is 12.8. The van der Waals surface area contributed by atoms with Gasteiger partial charge in [-0.15, -0.1) is 0 Å². The molecule has 2 heterocycles. The quantitative estimate of drug-likeness (QED) is 0.155. The second kappa shape index (κ2) is 11.4. The molecule has 41 heavy (non-hydrogen) atoms. The molecule has 206 valence electrons. The lowest BCUT2D eigenvalue weighted by atomic mass is 10.1. The van der Waals surface area contributed by atoms with Crippen LogP contribution in [-0.2, 0) is 9.59 Å². The average Bonchev–Trinajstić information content (AvgIpc) is 3.28. The minimum absolute atomic E-state index is 0.200. The maximum atomic E-state index is 12.8. The van der Waals surface area contributed by atoms with Gasteiger partial charge >= 0.3 is 12.1 Å². The van der Waals surface area contributed by atoms with Gasteiger partial charge in [0.05, 0.1) is 26.7 Å². The Morgan fingerprint density at radius 3 is 2.66 bits per heavy atom. The summed E-state index contributed by atoms with van der Waals surface area (Å²) in [6.45, 7) is 0. The molecule has 0 spiro atoms. The molecule has 13 heteroatoms. The number of esters is 1.